The highest BCUT2D eigenvalue weighted by atomic mass is 15.0. The topological polar surface area (TPSA) is 42.0 Å². The highest BCUT2D eigenvalue weighted by molar-refractivity contribution is 6.13. The van der Waals surface area contributed by atoms with Gasteiger partial charge < -0.3 is 4.57 Å². The van der Waals surface area contributed by atoms with Crippen molar-refractivity contribution >= 4 is 45.8 Å². The van der Waals surface area contributed by atoms with Crippen molar-refractivity contribution in [2.45, 2.75) is 6.54 Å². The summed E-state index contributed by atoms with van der Waals surface area (Å²) in [6, 6.07) is 45.3. The normalized spacial score (nSPS) is 12.2. The van der Waals surface area contributed by atoms with Gasteiger partial charge in [0.2, 0.25) is 0 Å². The van der Waals surface area contributed by atoms with Crippen molar-refractivity contribution in [1.82, 2.24) is 4.57 Å². The molecule has 0 aliphatic heterocycles. The van der Waals surface area contributed by atoms with E-state index in [1.54, 1.807) is 0 Å². The predicted molar refractivity (Wildman–Crippen MR) is 188 cm³/mol. The molecule has 0 radical (unpaired) electrons. The van der Waals surface area contributed by atoms with Gasteiger partial charge in [-0.3, -0.25) is 4.99 Å². The van der Waals surface area contributed by atoms with Crippen molar-refractivity contribution in [3.8, 4) is 5.69 Å². The van der Waals surface area contributed by atoms with Crippen LogP contribution in [-0.2, 0) is 6.54 Å². The van der Waals surface area contributed by atoms with Crippen LogP contribution in [0.3, 0.4) is 0 Å². The highest BCUT2D eigenvalue weighted by Crippen LogP contribution is 2.33. The number of aromatic nitrogens is 1. The molecular weight excluding hydrogens is 536 g/mol. The lowest BCUT2D eigenvalue weighted by Gasteiger charge is -2.08. The molecule has 0 amide bonds. The van der Waals surface area contributed by atoms with Crippen LogP contribution in [0.5, 0.6) is 0 Å². The first-order chi connectivity index (χ1) is 21.6. The third-order valence-electron chi connectivity index (χ3n) is 7.48. The van der Waals surface area contributed by atoms with Gasteiger partial charge in [-0.2, -0.15) is 0 Å². The summed E-state index contributed by atoms with van der Waals surface area (Å²) in [5.41, 5.74) is 7.94. The van der Waals surface area contributed by atoms with E-state index in [9.17, 15) is 0 Å². The average molecular weight is 569 g/mol. The molecule has 1 aromatic heterocycles. The molecule has 6 rings (SSSR count). The van der Waals surface area contributed by atoms with Crippen molar-refractivity contribution in [2.24, 2.45) is 15.0 Å². The van der Waals surface area contributed by atoms with Crippen molar-refractivity contribution in [1.29, 1.82) is 0 Å². The van der Waals surface area contributed by atoms with Crippen molar-refractivity contribution < 1.29 is 0 Å². The monoisotopic (exact) mass is 568 g/mol. The summed E-state index contributed by atoms with van der Waals surface area (Å²) in [5, 5.41) is 2.37. The molecule has 0 bridgehead atoms. The van der Waals surface area contributed by atoms with E-state index in [0.717, 1.165) is 33.5 Å². The third-order valence-corrected chi connectivity index (χ3v) is 7.48. The predicted octanol–water partition coefficient (Wildman–Crippen LogP) is 9.66. The van der Waals surface area contributed by atoms with Gasteiger partial charge in [-0.25, -0.2) is 9.98 Å². The quantitative estimate of drug-likeness (QED) is 0.0997. The number of aliphatic imine (C=N–C) groups is 3. The highest BCUT2D eigenvalue weighted by Gasteiger charge is 2.13. The summed E-state index contributed by atoms with van der Waals surface area (Å²) in [6.45, 7) is 12.9. The molecule has 4 heteroatoms. The molecule has 0 atom stereocenters. The van der Waals surface area contributed by atoms with Gasteiger partial charge in [0.15, 0.2) is 11.7 Å². The number of rotatable bonds is 8. The fourth-order valence-electron chi connectivity index (χ4n) is 5.24. The molecule has 6 aromatic rings. The Morgan fingerprint density at radius 3 is 2.00 bits per heavy atom. The summed E-state index contributed by atoms with van der Waals surface area (Å²) in [6.07, 6.45) is 3.88. The number of hydrogen-bond donors (Lipinski definition) is 0. The van der Waals surface area contributed by atoms with Crippen LogP contribution in [0.15, 0.2) is 179 Å². The van der Waals surface area contributed by atoms with E-state index in [-0.39, 0.29) is 0 Å². The molecule has 212 valence electrons. The Morgan fingerprint density at radius 1 is 0.636 bits per heavy atom. The minimum absolute atomic E-state index is 0.467. The van der Waals surface area contributed by atoms with E-state index in [4.69, 9.17) is 9.98 Å². The van der Waals surface area contributed by atoms with Gasteiger partial charge in [-0.1, -0.05) is 128 Å². The summed E-state index contributed by atoms with van der Waals surface area (Å²) in [4.78, 5) is 13.8. The fraction of sp³-hybridized carbons (Fsp3) is 0.0250. The number of benzene rings is 5. The second-order valence-corrected chi connectivity index (χ2v) is 10.4. The molecule has 0 N–H and O–H groups in total. The second-order valence-electron chi connectivity index (χ2n) is 10.4. The van der Waals surface area contributed by atoms with Gasteiger partial charge in [0, 0.05) is 27.6 Å². The van der Waals surface area contributed by atoms with E-state index in [1.807, 2.05) is 78.9 Å². The molecule has 5 aromatic carbocycles. The Kier molecular flexibility index (Phi) is 8.33. The molecular formula is C40H32N4. The maximum Gasteiger partial charge on any atom is 0.161 e. The Hall–Kier alpha value is -5.87. The average Bonchev–Trinajstić information content (AvgIpc) is 3.42. The smallest absolute Gasteiger partial charge is 0.161 e. The van der Waals surface area contributed by atoms with Gasteiger partial charge in [0.25, 0.3) is 0 Å². The van der Waals surface area contributed by atoms with E-state index >= 15 is 0 Å². The molecule has 1 heterocycles. The van der Waals surface area contributed by atoms with Gasteiger partial charge in [-0.15, -0.1) is 0 Å². The molecule has 0 fully saturated rings. The molecule has 4 nitrogen and oxygen atoms in total. The van der Waals surface area contributed by atoms with Gasteiger partial charge in [0.1, 0.15) is 0 Å². The third kappa shape index (κ3) is 6.01. The van der Waals surface area contributed by atoms with E-state index < -0.39 is 0 Å². The van der Waals surface area contributed by atoms with E-state index in [2.05, 4.69) is 96.2 Å². The van der Waals surface area contributed by atoms with Crippen LogP contribution in [0.1, 0.15) is 16.7 Å². The molecule has 44 heavy (non-hydrogen) atoms. The van der Waals surface area contributed by atoms with Gasteiger partial charge in [0.05, 0.1) is 17.6 Å². The first kappa shape index (κ1) is 28.3. The zero-order chi connectivity index (χ0) is 30.3. The van der Waals surface area contributed by atoms with Crippen LogP contribution in [0, 0.1) is 0 Å². The molecule has 0 unspecified atom stereocenters. The van der Waals surface area contributed by atoms with Gasteiger partial charge in [-0.05, 0) is 53.7 Å². The lowest BCUT2D eigenvalue weighted by Crippen LogP contribution is -2.05. The van der Waals surface area contributed by atoms with Crippen LogP contribution in [0.25, 0.3) is 33.1 Å². The number of hydrogen-bond acceptors (Lipinski definition) is 1. The molecule has 0 aliphatic carbocycles. The number of nitrogens with zero attached hydrogens (tertiary/aromatic N) is 4. The number of amidine groups is 2. The zero-order valence-electron chi connectivity index (χ0n) is 24.5. The lowest BCUT2D eigenvalue weighted by molar-refractivity contribution is 1.06. The summed E-state index contributed by atoms with van der Waals surface area (Å²) < 4.78 is 2.31. The van der Waals surface area contributed by atoms with Crippen LogP contribution < -0.4 is 0 Å². The van der Waals surface area contributed by atoms with Crippen LogP contribution in [0.2, 0.25) is 0 Å². The Morgan fingerprint density at radius 2 is 1.27 bits per heavy atom. The summed E-state index contributed by atoms with van der Waals surface area (Å²) in [5.74, 6) is 0.983. The lowest BCUT2D eigenvalue weighted by atomic mass is 10.0. The first-order valence-electron chi connectivity index (χ1n) is 14.5. The summed E-state index contributed by atoms with van der Waals surface area (Å²) in [7, 11) is 0. The zero-order valence-corrected chi connectivity index (χ0v) is 24.5. The maximum atomic E-state index is 4.82. The van der Waals surface area contributed by atoms with E-state index in [0.29, 0.717) is 23.8 Å². The van der Waals surface area contributed by atoms with Crippen LogP contribution in [0.4, 0.5) is 0 Å². The van der Waals surface area contributed by atoms with Crippen LogP contribution >= 0.6 is 0 Å². The maximum absolute atomic E-state index is 4.82. The number of para-hydroxylation sites is 2. The van der Waals surface area contributed by atoms with Crippen molar-refractivity contribution in [3.63, 3.8) is 0 Å². The fourth-order valence-corrected chi connectivity index (χ4v) is 5.24. The Labute approximate surface area is 258 Å². The molecule has 0 saturated heterocycles. The Bertz CT molecular complexity index is 2060. The van der Waals surface area contributed by atoms with Gasteiger partial charge >= 0.3 is 0 Å². The molecule has 0 spiro atoms. The molecule has 0 saturated carbocycles. The number of fused-ring (bicyclic) bond motifs is 3. The number of allylic oxidation sites excluding steroid dienone is 2. The second kappa shape index (κ2) is 13.0. The van der Waals surface area contributed by atoms with Crippen LogP contribution in [-0.4, -0.2) is 23.0 Å². The Balaban J connectivity index is 1.32. The van der Waals surface area contributed by atoms with E-state index in [1.165, 1.54) is 16.3 Å². The molecule has 0 aliphatic rings. The minimum Gasteiger partial charge on any atom is -0.309 e. The first-order valence-corrected chi connectivity index (χ1v) is 14.5. The largest absolute Gasteiger partial charge is 0.309 e. The van der Waals surface area contributed by atoms with Crippen molar-refractivity contribution in [3.05, 3.63) is 181 Å². The summed E-state index contributed by atoms with van der Waals surface area (Å²) >= 11 is 0. The van der Waals surface area contributed by atoms with Crippen molar-refractivity contribution in [2.75, 3.05) is 0 Å². The SMILES string of the molecule is C=NC(=NC(=NCc1ccccc1)C(=C)/C=C\C(=C)c1ccc2c(c1)c1ccccc1n2-c1ccccc1)c1ccccc1. The standard InChI is InChI=1S/C40H32N4/c1-29(33-25-26-38-36(27-33)35-21-13-14-22-37(35)44(38)34-19-11-6-12-20-34)23-24-30(2)39(42-28-31-15-7-4-8-16-31)43-40(41-3)32-17-9-5-10-18-32/h4-27H,1-3,28H2/b24-23-,42-39?,43-40?. The minimum atomic E-state index is 0.467.